The molecule has 3 aromatic rings. The number of rotatable bonds is 10. The molecule has 0 spiro atoms. The van der Waals surface area contributed by atoms with Gasteiger partial charge in [-0.3, -0.25) is 4.98 Å². The number of carbonyl (C=O) groups is 1. The molecule has 3 N–H and O–H groups in total. The van der Waals surface area contributed by atoms with Crippen molar-refractivity contribution in [2.45, 2.75) is 63.7 Å². The summed E-state index contributed by atoms with van der Waals surface area (Å²) in [5.74, 6) is -0.738. The van der Waals surface area contributed by atoms with Crippen molar-refractivity contribution >= 4 is 27.2 Å². The van der Waals surface area contributed by atoms with E-state index in [1.54, 1.807) is 20.8 Å². The van der Waals surface area contributed by atoms with Crippen LogP contribution in [0.3, 0.4) is 0 Å². The molecule has 0 bridgehead atoms. The summed E-state index contributed by atoms with van der Waals surface area (Å²) in [6.45, 7) is 8.77. The molecule has 2 atom stereocenters. The number of aliphatic hydroxyl groups excluding tert-OH is 1. The van der Waals surface area contributed by atoms with Crippen LogP contribution in [0.15, 0.2) is 62.6 Å². The Bertz CT molecular complexity index is 1360. The van der Waals surface area contributed by atoms with Gasteiger partial charge in [0, 0.05) is 19.2 Å². The first-order chi connectivity index (χ1) is 17.2. The minimum atomic E-state index is -4.08. The Kier molecular flexibility index (Phi) is 8.83. The van der Waals surface area contributed by atoms with Gasteiger partial charge in [0.2, 0.25) is 10.0 Å². The molecule has 1 heterocycles. The number of aromatic amines is 1. The van der Waals surface area contributed by atoms with E-state index >= 15 is 0 Å². The number of hydrogen-bond acceptors (Lipinski definition) is 7. The van der Waals surface area contributed by atoms with Gasteiger partial charge in [-0.25, -0.2) is 18.0 Å². The summed E-state index contributed by atoms with van der Waals surface area (Å²) in [7, 11) is -4.08. The van der Waals surface area contributed by atoms with Crippen molar-refractivity contribution in [3.8, 4) is 0 Å². The van der Waals surface area contributed by atoms with Gasteiger partial charge in [0.15, 0.2) is 5.58 Å². The van der Waals surface area contributed by atoms with E-state index in [1.165, 1.54) is 22.5 Å². The topological polar surface area (TPSA) is 142 Å². The fourth-order valence-electron chi connectivity index (χ4n) is 3.86. The predicted octanol–water partition coefficient (Wildman–Crippen LogP) is 3.26. The SMILES string of the molecule is CC(C)CN(C[C@@H](O)[C@H](Cc1ccccc1)NC(=O)OC(C)(C)C)S(=O)(=O)c1ccc2[nH]c(=O)oc2c1. The maximum absolute atomic E-state index is 13.6. The third-order valence-corrected chi connectivity index (χ3v) is 7.28. The highest BCUT2D eigenvalue weighted by atomic mass is 32.2. The van der Waals surface area contributed by atoms with E-state index in [9.17, 15) is 23.1 Å². The number of hydrogen-bond donors (Lipinski definition) is 3. The quantitative estimate of drug-likeness (QED) is 0.363. The van der Waals surface area contributed by atoms with Gasteiger partial charge in [0.25, 0.3) is 0 Å². The molecule has 0 saturated heterocycles. The van der Waals surface area contributed by atoms with Crippen LogP contribution < -0.4 is 11.1 Å². The number of oxazole rings is 1. The van der Waals surface area contributed by atoms with Crippen LogP contribution >= 0.6 is 0 Å². The van der Waals surface area contributed by atoms with Gasteiger partial charge in [-0.1, -0.05) is 44.2 Å². The van der Waals surface area contributed by atoms with Crippen LogP contribution in [-0.4, -0.2) is 59.7 Å². The Hall–Kier alpha value is -3.15. The number of H-pyrrole nitrogens is 1. The summed E-state index contributed by atoms with van der Waals surface area (Å²) in [5.41, 5.74) is 0.605. The highest BCUT2D eigenvalue weighted by Gasteiger charge is 2.32. The van der Waals surface area contributed by atoms with Gasteiger partial charge in [-0.15, -0.1) is 0 Å². The second kappa shape index (κ2) is 11.5. The highest BCUT2D eigenvalue weighted by molar-refractivity contribution is 7.89. The van der Waals surface area contributed by atoms with Crippen LogP contribution in [0.1, 0.15) is 40.2 Å². The lowest BCUT2D eigenvalue weighted by molar-refractivity contribution is 0.0400. The largest absolute Gasteiger partial charge is 0.444 e. The molecule has 1 amide bonds. The molecule has 0 aliphatic rings. The molecular weight excluding hydrogens is 498 g/mol. The number of nitrogens with zero attached hydrogens (tertiary/aromatic N) is 1. The third kappa shape index (κ3) is 7.91. The van der Waals surface area contributed by atoms with Crippen LogP contribution in [0.25, 0.3) is 11.1 Å². The van der Waals surface area contributed by atoms with E-state index in [0.29, 0.717) is 5.52 Å². The summed E-state index contributed by atoms with van der Waals surface area (Å²) in [5, 5.41) is 14.0. The number of aliphatic hydroxyl groups is 1. The second-order valence-corrected chi connectivity index (χ2v) is 12.3. The van der Waals surface area contributed by atoms with Gasteiger partial charge in [-0.2, -0.15) is 4.31 Å². The highest BCUT2D eigenvalue weighted by Crippen LogP contribution is 2.22. The molecule has 0 saturated carbocycles. The summed E-state index contributed by atoms with van der Waals surface area (Å²) in [6, 6.07) is 12.6. The Morgan fingerprint density at radius 2 is 1.81 bits per heavy atom. The zero-order valence-corrected chi connectivity index (χ0v) is 22.5. The summed E-state index contributed by atoms with van der Waals surface area (Å²) >= 11 is 0. The van der Waals surface area contributed by atoms with Crippen LogP contribution in [0, 0.1) is 5.92 Å². The first-order valence-corrected chi connectivity index (χ1v) is 13.5. The molecular formula is C26H35N3O7S. The molecule has 2 aromatic carbocycles. The number of benzene rings is 2. The summed E-state index contributed by atoms with van der Waals surface area (Å²) in [6.07, 6.45) is -1.70. The standard InChI is InChI=1S/C26H35N3O7S/c1-17(2)15-29(37(33,34)19-11-12-20-23(14-19)35-24(31)27-20)16-22(30)21(13-18-9-7-6-8-10-18)28-25(32)36-26(3,4)5/h6-12,14,17,21-22,30H,13,15-16H2,1-5H3,(H,27,31)(H,28,32)/t21-,22+/m0/s1. The molecule has 3 rings (SSSR count). The molecule has 11 heteroatoms. The number of ether oxygens (including phenoxy) is 1. The minimum Gasteiger partial charge on any atom is -0.444 e. The van der Waals surface area contributed by atoms with Crippen molar-refractivity contribution < 1.29 is 27.5 Å². The third-order valence-electron chi connectivity index (χ3n) is 5.45. The maximum Gasteiger partial charge on any atom is 0.417 e. The van der Waals surface area contributed by atoms with Gasteiger partial charge in [0.05, 0.1) is 22.6 Å². The average molecular weight is 534 g/mol. The van der Waals surface area contributed by atoms with E-state index in [4.69, 9.17) is 9.15 Å². The second-order valence-electron chi connectivity index (χ2n) is 10.4. The minimum absolute atomic E-state index is 0.0534. The maximum atomic E-state index is 13.6. The van der Waals surface area contributed by atoms with Crippen LogP contribution in [0.4, 0.5) is 4.79 Å². The normalized spacial score (nSPS) is 14.2. The lowest BCUT2D eigenvalue weighted by atomic mass is 10.0. The summed E-state index contributed by atoms with van der Waals surface area (Å²) < 4.78 is 38.8. The Morgan fingerprint density at radius 3 is 2.43 bits per heavy atom. The Morgan fingerprint density at radius 1 is 1.14 bits per heavy atom. The fourth-order valence-corrected chi connectivity index (χ4v) is 5.50. The first kappa shape index (κ1) is 28.4. The first-order valence-electron chi connectivity index (χ1n) is 12.1. The van der Waals surface area contributed by atoms with Crippen molar-refractivity contribution in [1.29, 1.82) is 0 Å². The van der Waals surface area contributed by atoms with E-state index in [2.05, 4.69) is 10.3 Å². The fraction of sp³-hybridized carbons (Fsp3) is 0.462. The zero-order valence-electron chi connectivity index (χ0n) is 21.7. The molecule has 37 heavy (non-hydrogen) atoms. The molecule has 202 valence electrons. The van der Waals surface area contributed by atoms with E-state index in [0.717, 1.165) is 5.56 Å². The number of alkyl carbamates (subject to hydrolysis) is 1. The van der Waals surface area contributed by atoms with Gasteiger partial charge >= 0.3 is 11.8 Å². The molecule has 10 nitrogen and oxygen atoms in total. The number of amides is 1. The number of fused-ring (bicyclic) bond motifs is 1. The monoisotopic (exact) mass is 533 g/mol. The van der Waals surface area contributed by atoms with E-state index in [-0.39, 0.29) is 35.9 Å². The molecule has 0 aliphatic heterocycles. The number of sulfonamides is 1. The Balaban J connectivity index is 1.89. The van der Waals surface area contributed by atoms with Crippen molar-refractivity contribution in [3.63, 3.8) is 0 Å². The van der Waals surface area contributed by atoms with Gasteiger partial charge in [0.1, 0.15) is 5.60 Å². The predicted molar refractivity (Wildman–Crippen MR) is 140 cm³/mol. The van der Waals surface area contributed by atoms with Crippen molar-refractivity contribution in [2.24, 2.45) is 5.92 Å². The van der Waals surface area contributed by atoms with Crippen LogP contribution in [0.2, 0.25) is 0 Å². The molecule has 1 aromatic heterocycles. The number of carbonyl (C=O) groups excluding carboxylic acids is 1. The number of aromatic nitrogens is 1. The van der Waals surface area contributed by atoms with E-state index < -0.39 is 39.6 Å². The van der Waals surface area contributed by atoms with E-state index in [1.807, 2.05) is 44.2 Å². The molecule has 0 fully saturated rings. The van der Waals surface area contributed by atoms with Crippen molar-refractivity contribution in [3.05, 3.63) is 64.6 Å². The lowest BCUT2D eigenvalue weighted by Crippen LogP contribution is -2.51. The van der Waals surface area contributed by atoms with Crippen molar-refractivity contribution in [2.75, 3.05) is 13.1 Å². The smallest absolute Gasteiger partial charge is 0.417 e. The molecule has 0 aliphatic carbocycles. The lowest BCUT2D eigenvalue weighted by Gasteiger charge is -2.31. The molecule has 0 unspecified atom stereocenters. The number of nitrogens with one attached hydrogen (secondary N) is 2. The zero-order chi connectivity index (χ0) is 27.4. The van der Waals surface area contributed by atoms with Crippen LogP contribution in [-0.2, 0) is 21.2 Å². The average Bonchev–Trinajstić information content (AvgIpc) is 3.16. The van der Waals surface area contributed by atoms with Crippen LogP contribution in [0.5, 0.6) is 0 Å². The Labute approximate surface area is 216 Å². The van der Waals surface area contributed by atoms with Gasteiger partial charge in [-0.05, 0) is 50.8 Å². The molecule has 0 radical (unpaired) electrons. The van der Waals surface area contributed by atoms with Gasteiger partial charge < -0.3 is 19.6 Å². The summed E-state index contributed by atoms with van der Waals surface area (Å²) in [4.78, 5) is 26.5. The van der Waals surface area contributed by atoms with Crippen molar-refractivity contribution in [1.82, 2.24) is 14.6 Å².